The first-order valence-corrected chi connectivity index (χ1v) is 9.32. The van der Waals surface area contributed by atoms with Crippen LogP contribution in [-0.4, -0.2) is 65.7 Å². The Balaban J connectivity index is 1.60. The van der Waals surface area contributed by atoms with E-state index < -0.39 is 10.5 Å². The minimum Gasteiger partial charge on any atom is -0.493 e. The molecule has 0 aromatic heterocycles. The van der Waals surface area contributed by atoms with Gasteiger partial charge in [-0.25, -0.2) is 4.79 Å². The van der Waals surface area contributed by atoms with Crippen LogP contribution in [0, 0.1) is 10.1 Å². The summed E-state index contributed by atoms with van der Waals surface area (Å²) in [5.41, 5.74) is -0.428. The molecule has 27 heavy (non-hydrogen) atoms. The van der Waals surface area contributed by atoms with Gasteiger partial charge in [0.05, 0.1) is 17.6 Å². The second-order valence-corrected chi connectivity index (χ2v) is 7.62. The molecule has 0 N–H and O–H groups in total. The Kier molecular flexibility index (Phi) is 7.41. The molecule has 1 saturated heterocycles. The minimum absolute atomic E-state index is 0.0374. The molecule has 1 aromatic rings. The number of nitro benzene ring substituents is 1. The summed E-state index contributed by atoms with van der Waals surface area (Å²) in [7, 11) is 0. The van der Waals surface area contributed by atoms with Gasteiger partial charge in [-0.1, -0.05) is 6.07 Å². The molecule has 8 heteroatoms. The molecule has 2 rings (SSSR count). The molecular weight excluding hydrogens is 350 g/mol. The fraction of sp³-hybridized carbons (Fsp3) is 0.632. The van der Waals surface area contributed by atoms with Crippen molar-refractivity contribution in [2.24, 2.45) is 0 Å². The van der Waals surface area contributed by atoms with Crippen LogP contribution in [0.2, 0.25) is 0 Å². The van der Waals surface area contributed by atoms with Crippen molar-refractivity contribution in [2.45, 2.75) is 39.2 Å². The summed E-state index contributed by atoms with van der Waals surface area (Å²) in [5, 5.41) is 10.7. The molecule has 0 atom stereocenters. The maximum atomic E-state index is 12.0. The summed E-state index contributed by atoms with van der Waals surface area (Å²) in [6.45, 7) is 10.1. The van der Waals surface area contributed by atoms with E-state index in [1.807, 2.05) is 20.8 Å². The van der Waals surface area contributed by atoms with Crippen LogP contribution in [0.4, 0.5) is 10.5 Å². The zero-order chi connectivity index (χ0) is 19.9. The molecule has 1 aliphatic rings. The normalized spacial score (nSPS) is 15.4. The highest BCUT2D eigenvalue weighted by molar-refractivity contribution is 5.68. The summed E-state index contributed by atoms with van der Waals surface area (Å²) in [6.07, 6.45) is 1.60. The van der Waals surface area contributed by atoms with Crippen molar-refractivity contribution < 1.29 is 19.2 Å². The second kappa shape index (κ2) is 9.55. The summed E-state index contributed by atoms with van der Waals surface area (Å²) in [4.78, 5) is 26.5. The molecule has 0 radical (unpaired) electrons. The number of benzene rings is 1. The summed E-state index contributed by atoms with van der Waals surface area (Å²) in [6, 6.07) is 6.24. The first kappa shape index (κ1) is 21.0. The lowest BCUT2D eigenvalue weighted by molar-refractivity contribution is -0.384. The largest absolute Gasteiger partial charge is 0.493 e. The SMILES string of the molecule is CC(C)(C)OC(=O)N1CCN(CCCCOc2cccc([N+](=O)[O-])c2)CC1. The molecule has 1 aliphatic heterocycles. The Morgan fingerprint density at radius 2 is 1.89 bits per heavy atom. The van der Waals surface area contributed by atoms with Gasteiger partial charge in [0.25, 0.3) is 5.69 Å². The molecular formula is C19H29N3O5. The number of ether oxygens (including phenoxy) is 2. The summed E-state index contributed by atoms with van der Waals surface area (Å²) in [5.74, 6) is 0.523. The number of carbonyl (C=O) groups is 1. The highest BCUT2D eigenvalue weighted by Gasteiger charge is 2.25. The highest BCUT2D eigenvalue weighted by atomic mass is 16.6. The van der Waals surface area contributed by atoms with Crippen molar-refractivity contribution in [3.8, 4) is 5.75 Å². The predicted molar refractivity (Wildman–Crippen MR) is 102 cm³/mol. The fourth-order valence-electron chi connectivity index (χ4n) is 2.79. The third-order valence-electron chi connectivity index (χ3n) is 4.19. The maximum Gasteiger partial charge on any atom is 0.410 e. The van der Waals surface area contributed by atoms with E-state index in [0.717, 1.165) is 32.5 Å². The number of nitro groups is 1. The molecule has 0 spiro atoms. The molecule has 0 saturated carbocycles. The second-order valence-electron chi connectivity index (χ2n) is 7.62. The first-order valence-electron chi connectivity index (χ1n) is 9.32. The van der Waals surface area contributed by atoms with Gasteiger partial charge in [-0.05, 0) is 46.2 Å². The Labute approximate surface area is 160 Å². The van der Waals surface area contributed by atoms with Gasteiger partial charge < -0.3 is 14.4 Å². The number of unbranched alkanes of at least 4 members (excludes halogenated alkanes) is 1. The number of rotatable bonds is 7. The van der Waals surface area contributed by atoms with Crippen LogP contribution in [-0.2, 0) is 4.74 Å². The van der Waals surface area contributed by atoms with Crippen LogP contribution in [0.25, 0.3) is 0 Å². The van der Waals surface area contributed by atoms with Crippen LogP contribution in [0.5, 0.6) is 5.75 Å². The standard InChI is InChI=1S/C19H29N3O5/c1-19(2,3)27-18(23)21-12-10-20(11-13-21)9-4-5-14-26-17-8-6-7-16(15-17)22(24)25/h6-8,15H,4-5,9-14H2,1-3H3. The predicted octanol–water partition coefficient (Wildman–Crippen LogP) is 3.31. The fourth-order valence-corrected chi connectivity index (χ4v) is 2.79. The number of hydrogen-bond acceptors (Lipinski definition) is 6. The topological polar surface area (TPSA) is 85.2 Å². The maximum absolute atomic E-state index is 12.0. The monoisotopic (exact) mass is 379 g/mol. The van der Waals surface area contributed by atoms with E-state index in [9.17, 15) is 14.9 Å². The average Bonchev–Trinajstić information content (AvgIpc) is 2.60. The van der Waals surface area contributed by atoms with E-state index in [0.29, 0.717) is 25.4 Å². The van der Waals surface area contributed by atoms with Gasteiger partial charge in [-0.3, -0.25) is 15.0 Å². The van der Waals surface area contributed by atoms with E-state index in [2.05, 4.69) is 4.90 Å². The Morgan fingerprint density at radius 1 is 1.19 bits per heavy atom. The van der Waals surface area contributed by atoms with E-state index in [-0.39, 0.29) is 11.8 Å². The van der Waals surface area contributed by atoms with E-state index >= 15 is 0 Å². The Bertz CT molecular complexity index is 636. The van der Waals surface area contributed by atoms with E-state index in [4.69, 9.17) is 9.47 Å². The van der Waals surface area contributed by atoms with E-state index in [1.165, 1.54) is 12.1 Å². The van der Waals surface area contributed by atoms with Crippen molar-refractivity contribution in [3.63, 3.8) is 0 Å². The van der Waals surface area contributed by atoms with Crippen LogP contribution >= 0.6 is 0 Å². The third kappa shape index (κ3) is 7.42. The molecule has 1 amide bonds. The zero-order valence-corrected chi connectivity index (χ0v) is 16.3. The molecule has 0 aliphatic carbocycles. The van der Waals surface area contributed by atoms with Crippen LogP contribution < -0.4 is 4.74 Å². The summed E-state index contributed by atoms with van der Waals surface area (Å²) < 4.78 is 11.0. The molecule has 1 heterocycles. The lowest BCUT2D eigenvalue weighted by Gasteiger charge is -2.35. The average molecular weight is 379 g/mol. The van der Waals surface area contributed by atoms with Gasteiger partial charge in [0.2, 0.25) is 0 Å². The van der Waals surface area contributed by atoms with Crippen LogP contribution in [0.3, 0.4) is 0 Å². The lowest BCUT2D eigenvalue weighted by Crippen LogP contribution is -2.50. The lowest BCUT2D eigenvalue weighted by atomic mass is 10.2. The van der Waals surface area contributed by atoms with E-state index in [1.54, 1.807) is 17.0 Å². The number of non-ortho nitro benzene ring substituents is 1. The zero-order valence-electron chi connectivity index (χ0n) is 16.3. The summed E-state index contributed by atoms with van der Waals surface area (Å²) >= 11 is 0. The molecule has 8 nitrogen and oxygen atoms in total. The molecule has 1 aromatic carbocycles. The van der Waals surface area contributed by atoms with Crippen LogP contribution in [0.1, 0.15) is 33.6 Å². The molecule has 0 unspecified atom stereocenters. The van der Waals surface area contributed by atoms with Crippen molar-refractivity contribution in [1.82, 2.24) is 9.80 Å². The van der Waals surface area contributed by atoms with Gasteiger partial charge in [0, 0.05) is 32.2 Å². The van der Waals surface area contributed by atoms with Gasteiger partial charge >= 0.3 is 6.09 Å². The van der Waals surface area contributed by atoms with Gasteiger partial charge in [0.1, 0.15) is 11.4 Å². The number of piperazine rings is 1. The van der Waals surface area contributed by atoms with Crippen molar-refractivity contribution in [1.29, 1.82) is 0 Å². The Morgan fingerprint density at radius 3 is 2.52 bits per heavy atom. The number of carbonyl (C=O) groups excluding carboxylic acids is 1. The molecule has 0 bridgehead atoms. The number of nitrogens with zero attached hydrogens (tertiary/aromatic N) is 3. The van der Waals surface area contributed by atoms with Crippen LogP contribution in [0.15, 0.2) is 24.3 Å². The van der Waals surface area contributed by atoms with Crippen molar-refractivity contribution >= 4 is 11.8 Å². The van der Waals surface area contributed by atoms with Gasteiger partial charge in [-0.2, -0.15) is 0 Å². The number of hydrogen-bond donors (Lipinski definition) is 0. The third-order valence-corrected chi connectivity index (χ3v) is 4.19. The first-order chi connectivity index (χ1) is 12.7. The number of amides is 1. The Hall–Kier alpha value is -2.35. The smallest absolute Gasteiger partial charge is 0.410 e. The minimum atomic E-state index is -0.465. The highest BCUT2D eigenvalue weighted by Crippen LogP contribution is 2.19. The van der Waals surface area contributed by atoms with Crippen molar-refractivity contribution in [2.75, 3.05) is 39.3 Å². The molecule has 150 valence electrons. The molecule has 1 fully saturated rings. The van der Waals surface area contributed by atoms with Gasteiger partial charge in [0.15, 0.2) is 0 Å². The van der Waals surface area contributed by atoms with Gasteiger partial charge in [-0.15, -0.1) is 0 Å². The quantitative estimate of drug-likeness (QED) is 0.410. The van der Waals surface area contributed by atoms with Crippen molar-refractivity contribution in [3.05, 3.63) is 34.4 Å².